The van der Waals surface area contributed by atoms with Crippen LogP contribution in [0.5, 0.6) is 0 Å². The fourth-order valence-electron chi connectivity index (χ4n) is 1.79. The van der Waals surface area contributed by atoms with Crippen molar-refractivity contribution in [1.82, 2.24) is 4.90 Å². The maximum Gasteiger partial charge on any atom is 0.227 e. The number of aliphatic hydroxyl groups excluding tert-OH is 1. The van der Waals surface area contributed by atoms with Crippen molar-refractivity contribution in [2.45, 2.75) is 39.3 Å². The highest BCUT2D eigenvalue weighted by atomic mass is 79.9. The SMILES string of the molecule is CC(O)CN(C(=O)Cc1ccccc1Br)C(C)C. The van der Waals surface area contributed by atoms with Crippen LogP contribution < -0.4 is 0 Å². The van der Waals surface area contributed by atoms with Crippen LogP contribution in [-0.2, 0) is 11.2 Å². The van der Waals surface area contributed by atoms with E-state index in [2.05, 4.69) is 15.9 Å². The Balaban J connectivity index is 2.76. The summed E-state index contributed by atoms with van der Waals surface area (Å²) in [5, 5.41) is 9.44. The van der Waals surface area contributed by atoms with Crippen molar-refractivity contribution in [3.8, 4) is 0 Å². The standard InChI is InChI=1S/C14H20BrNO2/c1-10(2)16(9-11(3)17)14(18)8-12-6-4-5-7-13(12)15/h4-7,10-11,17H,8-9H2,1-3H3. The molecular formula is C14H20BrNO2. The minimum absolute atomic E-state index is 0.0396. The van der Waals surface area contributed by atoms with E-state index in [-0.39, 0.29) is 11.9 Å². The van der Waals surface area contributed by atoms with Crippen molar-refractivity contribution >= 4 is 21.8 Å². The predicted octanol–water partition coefficient (Wildman–Crippen LogP) is 2.61. The molecule has 0 aliphatic rings. The van der Waals surface area contributed by atoms with E-state index in [1.165, 1.54) is 0 Å². The Labute approximate surface area is 117 Å². The maximum atomic E-state index is 12.2. The van der Waals surface area contributed by atoms with Crippen molar-refractivity contribution in [2.75, 3.05) is 6.54 Å². The highest BCUT2D eigenvalue weighted by molar-refractivity contribution is 9.10. The molecule has 1 N–H and O–H groups in total. The molecule has 18 heavy (non-hydrogen) atoms. The Morgan fingerprint density at radius 3 is 2.44 bits per heavy atom. The summed E-state index contributed by atoms with van der Waals surface area (Å²) in [4.78, 5) is 13.9. The molecular weight excluding hydrogens is 294 g/mol. The second-order valence-corrected chi connectivity index (χ2v) is 5.61. The minimum atomic E-state index is -0.504. The average Bonchev–Trinajstić information content (AvgIpc) is 2.28. The Kier molecular flexibility index (Phi) is 5.82. The van der Waals surface area contributed by atoms with Gasteiger partial charge in [0, 0.05) is 17.1 Å². The number of carbonyl (C=O) groups excluding carboxylic acids is 1. The van der Waals surface area contributed by atoms with Gasteiger partial charge in [-0.05, 0) is 32.4 Å². The molecule has 1 aromatic rings. The first-order chi connectivity index (χ1) is 8.41. The van der Waals surface area contributed by atoms with Crippen LogP contribution in [0.25, 0.3) is 0 Å². The van der Waals surface area contributed by atoms with E-state index in [4.69, 9.17) is 0 Å². The Morgan fingerprint density at radius 1 is 1.33 bits per heavy atom. The number of amides is 1. The van der Waals surface area contributed by atoms with Gasteiger partial charge in [-0.2, -0.15) is 0 Å². The predicted molar refractivity (Wildman–Crippen MR) is 76.4 cm³/mol. The lowest BCUT2D eigenvalue weighted by Gasteiger charge is -2.28. The van der Waals surface area contributed by atoms with E-state index in [1.54, 1.807) is 11.8 Å². The Bertz CT molecular complexity index is 405. The molecule has 1 unspecified atom stereocenters. The first-order valence-electron chi connectivity index (χ1n) is 6.12. The van der Waals surface area contributed by atoms with E-state index >= 15 is 0 Å². The summed E-state index contributed by atoms with van der Waals surface area (Å²) in [7, 11) is 0. The highest BCUT2D eigenvalue weighted by Gasteiger charge is 2.19. The number of hydrogen-bond donors (Lipinski definition) is 1. The lowest BCUT2D eigenvalue weighted by molar-refractivity contribution is -0.133. The van der Waals surface area contributed by atoms with Gasteiger partial charge in [0.05, 0.1) is 12.5 Å². The molecule has 0 bridgehead atoms. The van der Waals surface area contributed by atoms with Gasteiger partial charge in [0.1, 0.15) is 0 Å². The van der Waals surface area contributed by atoms with Gasteiger partial charge in [-0.3, -0.25) is 4.79 Å². The summed E-state index contributed by atoms with van der Waals surface area (Å²) in [6.45, 7) is 5.99. The van der Waals surface area contributed by atoms with Crippen LogP contribution in [0.15, 0.2) is 28.7 Å². The smallest absolute Gasteiger partial charge is 0.227 e. The van der Waals surface area contributed by atoms with Gasteiger partial charge in [-0.15, -0.1) is 0 Å². The van der Waals surface area contributed by atoms with E-state index < -0.39 is 6.10 Å². The van der Waals surface area contributed by atoms with Gasteiger partial charge in [0.15, 0.2) is 0 Å². The van der Waals surface area contributed by atoms with E-state index in [0.717, 1.165) is 10.0 Å². The molecule has 100 valence electrons. The van der Waals surface area contributed by atoms with Crippen LogP contribution in [0, 0.1) is 0 Å². The molecule has 0 fully saturated rings. The summed E-state index contributed by atoms with van der Waals surface area (Å²) >= 11 is 3.44. The Morgan fingerprint density at radius 2 is 1.94 bits per heavy atom. The zero-order chi connectivity index (χ0) is 13.7. The maximum absolute atomic E-state index is 12.2. The summed E-state index contributed by atoms with van der Waals surface area (Å²) < 4.78 is 0.944. The number of benzene rings is 1. The summed E-state index contributed by atoms with van der Waals surface area (Å²) in [5.41, 5.74) is 0.971. The van der Waals surface area contributed by atoms with Crippen LogP contribution in [0.3, 0.4) is 0 Å². The monoisotopic (exact) mass is 313 g/mol. The van der Waals surface area contributed by atoms with Gasteiger partial charge in [-0.25, -0.2) is 0 Å². The number of halogens is 1. The molecule has 1 atom stereocenters. The van der Waals surface area contributed by atoms with E-state index in [9.17, 15) is 9.90 Å². The lowest BCUT2D eigenvalue weighted by Crippen LogP contribution is -2.42. The van der Waals surface area contributed by atoms with Gasteiger partial charge in [-0.1, -0.05) is 34.1 Å². The van der Waals surface area contributed by atoms with E-state index in [0.29, 0.717) is 13.0 Å². The second kappa shape index (κ2) is 6.90. The normalized spacial score (nSPS) is 12.6. The molecule has 1 rings (SSSR count). The van der Waals surface area contributed by atoms with Crippen LogP contribution in [0.2, 0.25) is 0 Å². The third-order valence-corrected chi connectivity index (χ3v) is 3.48. The molecule has 3 nitrogen and oxygen atoms in total. The van der Waals surface area contributed by atoms with E-state index in [1.807, 2.05) is 38.1 Å². The second-order valence-electron chi connectivity index (χ2n) is 4.76. The van der Waals surface area contributed by atoms with Crippen LogP contribution in [-0.4, -0.2) is 34.6 Å². The lowest BCUT2D eigenvalue weighted by atomic mass is 10.1. The molecule has 0 aliphatic carbocycles. The van der Waals surface area contributed by atoms with Gasteiger partial charge in [0.25, 0.3) is 0 Å². The molecule has 1 aromatic carbocycles. The zero-order valence-corrected chi connectivity index (χ0v) is 12.6. The molecule has 0 aromatic heterocycles. The fourth-order valence-corrected chi connectivity index (χ4v) is 2.22. The summed E-state index contributed by atoms with van der Waals surface area (Å²) in [5.74, 6) is 0.0396. The molecule has 0 saturated carbocycles. The molecule has 0 aliphatic heterocycles. The number of rotatable bonds is 5. The minimum Gasteiger partial charge on any atom is -0.392 e. The number of hydrogen-bond acceptors (Lipinski definition) is 2. The average molecular weight is 314 g/mol. The van der Waals surface area contributed by atoms with Gasteiger partial charge < -0.3 is 10.0 Å². The largest absolute Gasteiger partial charge is 0.392 e. The third-order valence-electron chi connectivity index (χ3n) is 2.70. The van der Waals surface area contributed by atoms with Crippen molar-refractivity contribution < 1.29 is 9.90 Å². The van der Waals surface area contributed by atoms with Gasteiger partial charge in [0.2, 0.25) is 5.91 Å². The van der Waals surface area contributed by atoms with Crippen molar-refractivity contribution in [1.29, 1.82) is 0 Å². The Hall–Kier alpha value is -0.870. The molecule has 1 amide bonds. The summed E-state index contributed by atoms with van der Waals surface area (Å²) in [6.07, 6.45) is -0.151. The molecule has 0 radical (unpaired) electrons. The molecule has 0 heterocycles. The van der Waals surface area contributed by atoms with Crippen molar-refractivity contribution in [2.24, 2.45) is 0 Å². The molecule has 0 spiro atoms. The third kappa shape index (κ3) is 4.42. The topological polar surface area (TPSA) is 40.5 Å². The van der Waals surface area contributed by atoms with Crippen LogP contribution in [0.1, 0.15) is 26.3 Å². The fraction of sp³-hybridized carbons (Fsp3) is 0.500. The number of aliphatic hydroxyl groups is 1. The van der Waals surface area contributed by atoms with Crippen LogP contribution in [0.4, 0.5) is 0 Å². The van der Waals surface area contributed by atoms with Gasteiger partial charge >= 0.3 is 0 Å². The number of carbonyl (C=O) groups is 1. The van der Waals surface area contributed by atoms with Crippen molar-refractivity contribution in [3.63, 3.8) is 0 Å². The quantitative estimate of drug-likeness (QED) is 0.907. The number of nitrogens with zero attached hydrogens (tertiary/aromatic N) is 1. The first-order valence-corrected chi connectivity index (χ1v) is 6.92. The molecule has 4 heteroatoms. The van der Waals surface area contributed by atoms with Crippen LogP contribution >= 0.6 is 15.9 Å². The zero-order valence-electron chi connectivity index (χ0n) is 11.1. The summed E-state index contributed by atoms with van der Waals surface area (Å²) in [6, 6.07) is 7.80. The molecule has 0 saturated heterocycles. The van der Waals surface area contributed by atoms with Crippen molar-refractivity contribution in [3.05, 3.63) is 34.3 Å². The highest BCUT2D eigenvalue weighted by Crippen LogP contribution is 2.17. The first kappa shape index (κ1) is 15.2.